The van der Waals surface area contributed by atoms with Gasteiger partial charge in [0.25, 0.3) is 5.91 Å². The number of amides is 1. The van der Waals surface area contributed by atoms with E-state index in [-0.39, 0.29) is 11.9 Å². The van der Waals surface area contributed by atoms with Crippen LogP contribution in [0.1, 0.15) is 44.4 Å². The minimum Gasteiger partial charge on any atom is -0.397 e. The molecule has 1 saturated heterocycles. The number of likely N-dealkylation sites (tertiary alicyclic amines) is 1. The van der Waals surface area contributed by atoms with Gasteiger partial charge in [0.15, 0.2) is 0 Å². The van der Waals surface area contributed by atoms with Gasteiger partial charge in [-0.2, -0.15) is 0 Å². The molecule has 0 radical (unpaired) electrons. The first-order valence-corrected chi connectivity index (χ1v) is 11.5. The SMILES string of the molecule is COCc1cc(C)nc2sc(C(=O)N3c4ccc(C)cc4C4CN(C)CCC43)c(N)c12. The van der Waals surface area contributed by atoms with Crippen molar-refractivity contribution in [2.24, 2.45) is 0 Å². The molecule has 4 heterocycles. The number of nitrogens with zero attached hydrogens (tertiary/aromatic N) is 3. The number of anilines is 2. The van der Waals surface area contributed by atoms with Crippen LogP contribution >= 0.6 is 11.3 Å². The van der Waals surface area contributed by atoms with E-state index in [0.29, 0.717) is 23.1 Å². The van der Waals surface area contributed by atoms with Gasteiger partial charge in [-0.05, 0) is 57.1 Å². The largest absolute Gasteiger partial charge is 0.397 e. The van der Waals surface area contributed by atoms with E-state index in [2.05, 4.69) is 42.1 Å². The predicted molar refractivity (Wildman–Crippen MR) is 126 cm³/mol. The van der Waals surface area contributed by atoms with Crippen LogP contribution in [0.5, 0.6) is 0 Å². The number of piperidine rings is 1. The van der Waals surface area contributed by atoms with Gasteiger partial charge in [-0.1, -0.05) is 17.7 Å². The molecule has 1 fully saturated rings. The molecule has 31 heavy (non-hydrogen) atoms. The molecule has 5 rings (SSSR count). The monoisotopic (exact) mass is 436 g/mol. The minimum atomic E-state index is -0.0105. The topological polar surface area (TPSA) is 71.7 Å². The highest BCUT2D eigenvalue weighted by Gasteiger charge is 2.44. The lowest BCUT2D eigenvalue weighted by atomic mass is 9.89. The number of thiophene rings is 1. The number of nitrogen functional groups attached to an aromatic ring is 1. The molecule has 0 spiro atoms. The highest BCUT2D eigenvalue weighted by Crippen LogP contribution is 2.47. The van der Waals surface area contributed by atoms with Gasteiger partial charge < -0.3 is 20.3 Å². The van der Waals surface area contributed by atoms with E-state index in [1.807, 2.05) is 17.9 Å². The Bertz CT molecular complexity index is 1190. The molecular weight excluding hydrogens is 408 g/mol. The number of aryl methyl sites for hydroxylation is 2. The number of hydrogen-bond acceptors (Lipinski definition) is 6. The van der Waals surface area contributed by atoms with E-state index in [4.69, 9.17) is 10.5 Å². The summed E-state index contributed by atoms with van der Waals surface area (Å²) in [5.41, 5.74) is 12.5. The Kier molecular flexibility index (Phi) is 5.00. The van der Waals surface area contributed by atoms with Crippen LogP contribution < -0.4 is 10.6 Å². The Morgan fingerprint density at radius 3 is 2.90 bits per heavy atom. The molecule has 2 aliphatic heterocycles. The van der Waals surface area contributed by atoms with Crippen LogP contribution in [0.3, 0.4) is 0 Å². The normalized spacial score (nSPS) is 20.8. The quantitative estimate of drug-likeness (QED) is 0.670. The second-order valence-electron chi connectivity index (χ2n) is 8.84. The van der Waals surface area contributed by atoms with Gasteiger partial charge in [0, 0.05) is 42.4 Å². The van der Waals surface area contributed by atoms with Gasteiger partial charge in [-0.15, -0.1) is 11.3 Å². The van der Waals surface area contributed by atoms with Crippen LogP contribution in [0.4, 0.5) is 11.4 Å². The lowest BCUT2D eigenvalue weighted by Gasteiger charge is -2.36. The molecule has 3 aromatic rings. The van der Waals surface area contributed by atoms with Gasteiger partial charge in [0.05, 0.1) is 12.3 Å². The van der Waals surface area contributed by atoms with Crippen molar-refractivity contribution in [3.8, 4) is 0 Å². The fourth-order valence-corrected chi connectivity index (χ4v) is 6.34. The van der Waals surface area contributed by atoms with Crippen LogP contribution in [0.25, 0.3) is 10.2 Å². The number of methoxy groups -OCH3 is 1. The molecule has 2 unspecified atom stereocenters. The molecular formula is C24H28N4O2S. The number of likely N-dealkylation sites (N-methyl/N-ethyl adjacent to an activating group) is 1. The number of nitrogens with two attached hydrogens (primary N) is 1. The number of fused-ring (bicyclic) bond motifs is 4. The van der Waals surface area contributed by atoms with Crippen molar-refractivity contribution in [1.29, 1.82) is 0 Å². The summed E-state index contributed by atoms with van der Waals surface area (Å²) >= 11 is 1.40. The van der Waals surface area contributed by atoms with Crippen LogP contribution in [0, 0.1) is 13.8 Å². The lowest BCUT2D eigenvalue weighted by molar-refractivity contribution is 0.0969. The summed E-state index contributed by atoms with van der Waals surface area (Å²) in [6.07, 6.45) is 0.956. The summed E-state index contributed by atoms with van der Waals surface area (Å²) in [5.74, 6) is 0.321. The lowest BCUT2D eigenvalue weighted by Crippen LogP contribution is -2.47. The van der Waals surface area contributed by atoms with Crippen molar-refractivity contribution in [2.75, 3.05) is 37.9 Å². The fourth-order valence-electron chi connectivity index (χ4n) is 5.22. The molecule has 162 valence electrons. The zero-order chi connectivity index (χ0) is 21.9. The van der Waals surface area contributed by atoms with Crippen molar-refractivity contribution in [1.82, 2.24) is 9.88 Å². The highest BCUT2D eigenvalue weighted by molar-refractivity contribution is 7.21. The van der Waals surface area contributed by atoms with Crippen LogP contribution in [0.15, 0.2) is 24.3 Å². The molecule has 0 saturated carbocycles. The van der Waals surface area contributed by atoms with E-state index >= 15 is 0 Å². The van der Waals surface area contributed by atoms with Gasteiger partial charge >= 0.3 is 0 Å². The Morgan fingerprint density at radius 2 is 2.13 bits per heavy atom. The molecule has 2 aromatic heterocycles. The summed E-state index contributed by atoms with van der Waals surface area (Å²) < 4.78 is 5.38. The number of benzene rings is 1. The van der Waals surface area contributed by atoms with Crippen LogP contribution in [-0.2, 0) is 11.3 Å². The second kappa shape index (κ2) is 7.58. The molecule has 2 aliphatic rings. The number of carbonyl (C=O) groups is 1. The van der Waals surface area contributed by atoms with E-state index in [1.165, 1.54) is 22.5 Å². The molecule has 2 atom stereocenters. The first-order valence-electron chi connectivity index (χ1n) is 10.7. The maximum absolute atomic E-state index is 14.0. The first kappa shape index (κ1) is 20.4. The standard InChI is InChI=1S/C24H28N4O2S/c1-13-5-6-18-16(9-13)17-11-27(3)8-7-19(17)28(18)24(29)22-21(25)20-15(12-30-4)10-14(2)26-23(20)31-22/h5-6,9-10,17,19H,7-8,11-12,25H2,1-4H3. The third-order valence-electron chi connectivity index (χ3n) is 6.57. The maximum atomic E-state index is 14.0. The number of carbonyl (C=O) groups excluding carboxylic acids is 1. The third-order valence-corrected chi connectivity index (χ3v) is 7.66. The molecule has 1 aromatic carbocycles. The molecule has 7 heteroatoms. The Hall–Kier alpha value is -2.48. The predicted octanol–water partition coefficient (Wildman–Crippen LogP) is 4.09. The summed E-state index contributed by atoms with van der Waals surface area (Å²) in [4.78, 5) is 24.4. The summed E-state index contributed by atoms with van der Waals surface area (Å²) in [6.45, 7) is 6.46. The zero-order valence-corrected chi connectivity index (χ0v) is 19.3. The van der Waals surface area contributed by atoms with Gasteiger partial charge in [0.1, 0.15) is 9.71 Å². The minimum absolute atomic E-state index is 0.0105. The third kappa shape index (κ3) is 3.23. The smallest absolute Gasteiger partial charge is 0.270 e. The molecule has 0 aliphatic carbocycles. The molecule has 6 nitrogen and oxygen atoms in total. The Morgan fingerprint density at radius 1 is 1.32 bits per heavy atom. The number of rotatable bonds is 3. The van der Waals surface area contributed by atoms with Gasteiger partial charge in [0.2, 0.25) is 0 Å². The summed E-state index contributed by atoms with van der Waals surface area (Å²) in [5, 5.41) is 0.851. The van der Waals surface area contributed by atoms with Crippen LogP contribution in [0.2, 0.25) is 0 Å². The fraction of sp³-hybridized carbons (Fsp3) is 0.417. The Balaban J connectivity index is 1.63. The highest BCUT2D eigenvalue weighted by atomic mass is 32.1. The van der Waals surface area contributed by atoms with Crippen molar-refractivity contribution >= 4 is 38.8 Å². The van der Waals surface area contributed by atoms with E-state index in [9.17, 15) is 4.79 Å². The summed E-state index contributed by atoms with van der Waals surface area (Å²) in [6, 6.07) is 8.59. The number of pyridine rings is 1. The van der Waals surface area contributed by atoms with E-state index in [1.54, 1.807) is 7.11 Å². The van der Waals surface area contributed by atoms with Crippen molar-refractivity contribution < 1.29 is 9.53 Å². The second-order valence-corrected chi connectivity index (χ2v) is 9.84. The van der Waals surface area contributed by atoms with Crippen molar-refractivity contribution in [3.05, 3.63) is 51.5 Å². The number of aromatic nitrogens is 1. The van der Waals surface area contributed by atoms with E-state index < -0.39 is 0 Å². The van der Waals surface area contributed by atoms with Crippen molar-refractivity contribution in [3.63, 3.8) is 0 Å². The molecule has 0 bridgehead atoms. The number of ether oxygens (including phenoxy) is 1. The van der Waals surface area contributed by atoms with Crippen molar-refractivity contribution in [2.45, 2.75) is 38.8 Å². The van der Waals surface area contributed by atoms with Crippen LogP contribution in [-0.4, -0.2) is 49.1 Å². The average Bonchev–Trinajstić information content (AvgIpc) is 3.22. The molecule has 2 N–H and O–H groups in total. The average molecular weight is 437 g/mol. The summed E-state index contributed by atoms with van der Waals surface area (Å²) in [7, 11) is 3.82. The molecule has 1 amide bonds. The first-order chi connectivity index (χ1) is 14.9. The van der Waals surface area contributed by atoms with E-state index in [0.717, 1.165) is 46.7 Å². The van der Waals surface area contributed by atoms with Gasteiger partial charge in [-0.25, -0.2) is 4.98 Å². The van der Waals surface area contributed by atoms with Gasteiger partial charge in [-0.3, -0.25) is 4.79 Å². The zero-order valence-electron chi connectivity index (χ0n) is 18.4. The maximum Gasteiger partial charge on any atom is 0.270 e. The number of hydrogen-bond donors (Lipinski definition) is 1. The Labute approximate surface area is 186 Å².